The molecule has 0 aliphatic rings. The Labute approximate surface area is 311 Å². The number of rotatable bonds is 3. The summed E-state index contributed by atoms with van der Waals surface area (Å²) < 4.78 is 4.92. The molecule has 54 heavy (non-hydrogen) atoms. The molecular formula is C52H32N2. The summed E-state index contributed by atoms with van der Waals surface area (Å²) in [6.07, 6.45) is 0. The van der Waals surface area contributed by atoms with Gasteiger partial charge in [0.05, 0.1) is 22.1 Å². The summed E-state index contributed by atoms with van der Waals surface area (Å²) in [5, 5.41) is 15.4. The van der Waals surface area contributed by atoms with Crippen molar-refractivity contribution in [1.29, 1.82) is 0 Å². The predicted molar refractivity (Wildman–Crippen MR) is 231 cm³/mol. The Bertz CT molecular complexity index is 3480. The molecule has 0 spiro atoms. The van der Waals surface area contributed by atoms with Crippen LogP contribution < -0.4 is 0 Å². The summed E-state index contributed by atoms with van der Waals surface area (Å²) in [5.41, 5.74) is 9.62. The Morgan fingerprint density at radius 2 is 0.704 bits per heavy atom. The zero-order valence-corrected chi connectivity index (χ0v) is 29.4. The molecule has 0 aliphatic carbocycles. The highest BCUT2D eigenvalue weighted by molar-refractivity contribution is 6.42. The molecule has 10 aromatic carbocycles. The van der Waals surface area contributed by atoms with E-state index in [1.165, 1.54) is 104 Å². The molecule has 0 unspecified atom stereocenters. The fraction of sp³-hybridized carbons (Fsp3) is 0. The highest BCUT2D eigenvalue weighted by Crippen LogP contribution is 2.48. The van der Waals surface area contributed by atoms with E-state index in [1.54, 1.807) is 0 Å². The zero-order chi connectivity index (χ0) is 35.3. The monoisotopic (exact) mass is 684 g/mol. The molecule has 0 aliphatic heterocycles. The van der Waals surface area contributed by atoms with Gasteiger partial charge in [0, 0.05) is 43.7 Å². The molecule has 0 bridgehead atoms. The number of fused-ring (bicyclic) bond motifs is 16. The quantitative estimate of drug-likeness (QED) is 0.164. The van der Waals surface area contributed by atoms with Crippen molar-refractivity contribution in [1.82, 2.24) is 9.13 Å². The third-order valence-corrected chi connectivity index (χ3v) is 11.6. The molecule has 0 radical (unpaired) electrons. The van der Waals surface area contributed by atoms with E-state index in [9.17, 15) is 0 Å². The van der Waals surface area contributed by atoms with E-state index < -0.39 is 0 Å². The molecule has 12 rings (SSSR count). The minimum Gasteiger partial charge on any atom is -0.309 e. The van der Waals surface area contributed by atoms with E-state index in [0.717, 1.165) is 5.69 Å². The Balaban J connectivity index is 1.23. The lowest BCUT2D eigenvalue weighted by Crippen LogP contribution is -1.96. The zero-order valence-electron chi connectivity index (χ0n) is 29.4. The van der Waals surface area contributed by atoms with Gasteiger partial charge in [0.25, 0.3) is 0 Å². The Morgan fingerprint density at radius 1 is 0.241 bits per heavy atom. The molecule has 250 valence electrons. The van der Waals surface area contributed by atoms with Crippen LogP contribution in [-0.4, -0.2) is 9.13 Å². The van der Waals surface area contributed by atoms with Gasteiger partial charge in [-0.3, -0.25) is 0 Å². The third kappa shape index (κ3) is 4.00. The highest BCUT2D eigenvalue weighted by atomic mass is 15.0. The molecular weight excluding hydrogens is 653 g/mol. The average molecular weight is 685 g/mol. The second-order valence-electron chi connectivity index (χ2n) is 14.4. The van der Waals surface area contributed by atoms with Crippen LogP contribution in [0, 0.1) is 0 Å². The maximum absolute atomic E-state index is 2.53. The van der Waals surface area contributed by atoms with Crippen molar-refractivity contribution in [3.05, 3.63) is 194 Å². The lowest BCUT2D eigenvalue weighted by molar-refractivity contribution is 1.18. The minimum atomic E-state index is 1.16. The fourth-order valence-corrected chi connectivity index (χ4v) is 9.42. The summed E-state index contributed by atoms with van der Waals surface area (Å²) in [5.74, 6) is 0. The molecule has 2 heterocycles. The molecule has 0 fully saturated rings. The lowest BCUT2D eigenvalue weighted by Gasteiger charge is -2.17. The molecule has 2 heteroatoms. The van der Waals surface area contributed by atoms with Crippen LogP contribution in [0.1, 0.15) is 0 Å². The second kappa shape index (κ2) is 11.2. The van der Waals surface area contributed by atoms with E-state index in [2.05, 4.69) is 203 Å². The van der Waals surface area contributed by atoms with Crippen LogP contribution in [0.5, 0.6) is 0 Å². The SMILES string of the molecule is c1ccc(-n2c3ccccc3c3cc(-c4ccc5c6c7ccccc7c7c8ccccc8c8ccccc8c7c6n(-c6ccccc6)c5c4)ccc32)cc1. The second-order valence-corrected chi connectivity index (χ2v) is 14.4. The standard InChI is InChI=1S/C52H32N2/c1-3-15-35(16-4-1)53-46-26-14-13-21-39(46)45-31-33(28-30-47(45)53)34-27-29-44-48(32-34)54(36-17-5-2-6-18-36)52-50(44)43-25-12-11-24-42(43)49-40-22-9-7-19-37(40)38-20-8-10-23-41(38)51(49)52/h1-32H. The first-order valence-corrected chi connectivity index (χ1v) is 18.7. The molecule has 0 atom stereocenters. The summed E-state index contributed by atoms with van der Waals surface area (Å²) in [7, 11) is 0. The first kappa shape index (κ1) is 29.4. The Hall–Kier alpha value is -7.16. The number of nitrogens with zero attached hydrogens (tertiary/aromatic N) is 2. The van der Waals surface area contributed by atoms with Crippen LogP contribution in [0.25, 0.3) is 109 Å². The first-order valence-electron chi connectivity index (χ1n) is 18.7. The van der Waals surface area contributed by atoms with Gasteiger partial charge in [-0.25, -0.2) is 0 Å². The number of aromatic nitrogens is 2. The molecule has 0 saturated carbocycles. The smallest absolute Gasteiger partial charge is 0.0632 e. The number of hydrogen-bond donors (Lipinski definition) is 0. The average Bonchev–Trinajstić information content (AvgIpc) is 3.77. The summed E-state index contributed by atoms with van der Waals surface area (Å²) in [4.78, 5) is 0. The van der Waals surface area contributed by atoms with Gasteiger partial charge >= 0.3 is 0 Å². The Morgan fingerprint density at radius 3 is 1.37 bits per heavy atom. The summed E-state index contributed by atoms with van der Waals surface area (Å²) in [6.45, 7) is 0. The van der Waals surface area contributed by atoms with E-state index in [-0.39, 0.29) is 0 Å². The minimum absolute atomic E-state index is 1.16. The van der Waals surface area contributed by atoms with Crippen LogP contribution in [0.4, 0.5) is 0 Å². The maximum Gasteiger partial charge on any atom is 0.0632 e. The van der Waals surface area contributed by atoms with Crippen LogP contribution in [0.15, 0.2) is 194 Å². The van der Waals surface area contributed by atoms with Crippen LogP contribution in [-0.2, 0) is 0 Å². The Kier molecular flexibility index (Phi) is 6.09. The lowest BCUT2D eigenvalue weighted by atomic mass is 9.89. The number of benzene rings is 10. The first-order chi connectivity index (χ1) is 26.8. The van der Waals surface area contributed by atoms with Crippen molar-refractivity contribution in [2.75, 3.05) is 0 Å². The third-order valence-electron chi connectivity index (χ3n) is 11.6. The van der Waals surface area contributed by atoms with Crippen molar-refractivity contribution >= 4 is 86.7 Å². The van der Waals surface area contributed by atoms with Gasteiger partial charge < -0.3 is 9.13 Å². The number of hydrogen-bond acceptors (Lipinski definition) is 0. The van der Waals surface area contributed by atoms with Crippen molar-refractivity contribution < 1.29 is 0 Å². The summed E-state index contributed by atoms with van der Waals surface area (Å²) in [6, 6.07) is 71.4. The van der Waals surface area contributed by atoms with Gasteiger partial charge in [-0.05, 0) is 92.0 Å². The predicted octanol–water partition coefficient (Wildman–Crippen LogP) is 14.2. The van der Waals surface area contributed by atoms with Gasteiger partial charge in [-0.1, -0.05) is 146 Å². The van der Waals surface area contributed by atoms with E-state index >= 15 is 0 Å². The highest BCUT2D eigenvalue weighted by Gasteiger charge is 2.23. The molecule has 2 nitrogen and oxygen atoms in total. The molecule has 2 aromatic heterocycles. The van der Waals surface area contributed by atoms with Crippen molar-refractivity contribution in [3.63, 3.8) is 0 Å². The van der Waals surface area contributed by atoms with Gasteiger partial charge in [-0.2, -0.15) is 0 Å². The van der Waals surface area contributed by atoms with Crippen LogP contribution >= 0.6 is 0 Å². The van der Waals surface area contributed by atoms with E-state index in [4.69, 9.17) is 0 Å². The topological polar surface area (TPSA) is 9.86 Å². The van der Waals surface area contributed by atoms with E-state index in [0.29, 0.717) is 0 Å². The maximum atomic E-state index is 2.53. The summed E-state index contributed by atoms with van der Waals surface area (Å²) >= 11 is 0. The van der Waals surface area contributed by atoms with Crippen molar-refractivity contribution in [2.24, 2.45) is 0 Å². The van der Waals surface area contributed by atoms with E-state index in [1.807, 2.05) is 0 Å². The van der Waals surface area contributed by atoms with Gasteiger partial charge in [-0.15, -0.1) is 0 Å². The normalized spacial score (nSPS) is 12.1. The fourth-order valence-electron chi connectivity index (χ4n) is 9.42. The molecule has 0 saturated heterocycles. The largest absolute Gasteiger partial charge is 0.309 e. The van der Waals surface area contributed by atoms with Gasteiger partial charge in [0.1, 0.15) is 0 Å². The van der Waals surface area contributed by atoms with Crippen LogP contribution in [0.3, 0.4) is 0 Å². The van der Waals surface area contributed by atoms with Gasteiger partial charge in [0.15, 0.2) is 0 Å². The van der Waals surface area contributed by atoms with Crippen LogP contribution in [0.2, 0.25) is 0 Å². The molecule has 0 amide bonds. The molecule has 12 aromatic rings. The van der Waals surface area contributed by atoms with Crippen molar-refractivity contribution in [2.45, 2.75) is 0 Å². The van der Waals surface area contributed by atoms with Gasteiger partial charge in [0.2, 0.25) is 0 Å². The van der Waals surface area contributed by atoms with Crippen molar-refractivity contribution in [3.8, 4) is 22.5 Å². The number of para-hydroxylation sites is 3. The molecule has 0 N–H and O–H groups in total.